The number of hydrogen-bond acceptors (Lipinski definition) is 2. The van der Waals surface area contributed by atoms with Crippen molar-refractivity contribution < 1.29 is 4.74 Å². The molecule has 0 aromatic rings. The third kappa shape index (κ3) is 4.19. The van der Waals surface area contributed by atoms with Crippen LogP contribution in [0.3, 0.4) is 0 Å². The van der Waals surface area contributed by atoms with E-state index in [1.165, 1.54) is 51.4 Å². The van der Waals surface area contributed by atoms with E-state index < -0.39 is 0 Å². The van der Waals surface area contributed by atoms with Crippen LogP contribution in [-0.4, -0.2) is 24.8 Å². The van der Waals surface area contributed by atoms with E-state index in [9.17, 15) is 0 Å². The van der Waals surface area contributed by atoms with E-state index in [0.29, 0.717) is 6.04 Å². The zero-order chi connectivity index (χ0) is 13.7. The minimum Gasteiger partial charge on any atom is -0.375 e. The van der Waals surface area contributed by atoms with Crippen LogP contribution in [0, 0.1) is 11.8 Å². The molecule has 1 N–H and O–H groups in total. The Kier molecular flexibility index (Phi) is 5.70. The van der Waals surface area contributed by atoms with Gasteiger partial charge >= 0.3 is 0 Å². The molecule has 2 fully saturated rings. The lowest BCUT2D eigenvalue weighted by Gasteiger charge is -2.41. The van der Waals surface area contributed by atoms with Crippen LogP contribution in [0.15, 0.2) is 0 Å². The minimum atomic E-state index is 0.289. The van der Waals surface area contributed by atoms with Gasteiger partial charge in [0.15, 0.2) is 0 Å². The van der Waals surface area contributed by atoms with E-state index in [0.717, 1.165) is 25.0 Å². The Balaban J connectivity index is 1.79. The van der Waals surface area contributed by atoms with Gasteiger partial charge in [-0.15, -0.1) is 0 Å². The van der Waals surface area contributed by atoms with Gasteiger partial charge in [-0.05, 0) is 63.8 Å². The van der Waals surface area contributed by atoms with Gasteiger partial charge in [0.25, 0.3) is 0 Å². The molecular weight excluding hydrogens is 234 g/mol. The van der Waals surface area contributed by atoms with Crippen LogP contribution < -0.4 is 5.32 Å². The lowest BCUT2D eigenvalue weighted by molar-refractivity contribution is -0.101. The Bertz CT molecular complexity index is 260. The second kappa shape index (κ2) is 7.08. The molecule has 1 saturated carbocycles. The Morgan fingerprint density at radius 3 is 2.68 bits per heavy atom. The first-order chi connectivity index (χ1) is 9.15. The molecule has 19 heavy (non-hydrogen) atoms. The van der Waals surface area contributed by atoms with Gasteiger partial charge in [-0.3, -0.25) is 0 Å². The van der Waals surface area contributed by atoms with Gasteiger partial charge < -0.3 is 10.1 Å². The first kappa shape index (κ1) is 15.3. The fraction of sp³-hybridized carbons (Fsp3) is 1.00. The highest BCUT2D eigenvalue weighted by atomic mass is 16.5. The highest BCUT2D eigenvalue weighted by Gasteiger charge is 2.41. The molecule has 1 aliphatic heterocycles. The van der Waals surface area contributed by atoms with Gasteiger partial charge in [0.1, 0.15) is 0 Å². The molecule has 2 nitrogen and oxygen atoms in total. The third-order valence-electron chi connectivity index (χ3n) is 5.32. The van der Waals surface area contributed by atoms with Gasteiger partial charge in [0.2, 0.25) is 0 Å². The van der Waals surface area contributed by atoms with Crippen LogP contribution in [0.2, 0.25) is 0 Å². The van der Waals surface area contributed by atoms with Crippen LogP contribution in [0.1, 0.15) is 72.1 Å². The molecule has 0 radical (unpaired) electrons. The maximum Gasteiger partial charge on any atom is 0.0685 e. The van der Waals surface area contributed by atoms with Crippen molar-refractivity contribution in [1.29, 1.82) is 0 Å². The first-order valence-corrected chi connectivity index (χ1v) is 8.52. The second-order valence-electron chi connectivity index (χ2n) is 7.06. The van der Waals surface area contributed by atoms with E-state index in [1.54, 1.807) is 0 Å². The number of hydrogen-bond donors (Lipinski definition) is 1. The molecule has 1 heterocycles. The summed E-state index contributed by atoms with van der Waals surface area (Å²) in [6, 6.07) is 0.664. The number of nitrogens with one attached hydrogen (secondary N) is 1. The molecule has 0 amide bonds. The molecule has 2 rings (SSSR count). The SMILES string of the molecule is CCCNC(C)CC(C)C1CCOC2(CCCC2)C1. The average molecular weight is 267 g/mol. The topological polar surface area (TPSA) is 21.3 Å². The highest BCUT2D eigenvalue weighted by Crippen LogP contribution is 2.44. The first-order valence-electron chi connectivity index (χ1n) is 8.52. The van der Waals surface area contributed by atoms with Crippen LogP contribution in [0.4, 0.5) is 0 Å². The molecule has 0 bridgehead atoms. The van der Waals surface area contributed by atoms with Gasteiger partial charge in [-0.1, -0.05) is 26.7 Å². The number of rotatable bonds is 6. The summed E-state index contributed by atoms with van der Waals surface area (Å²) in [5.74, 6) is 1.72. The van der Waals surface area contributed by atoms with E-state index in [2.05, 4.69) is 26.1 Å². The zero-order valence-corrected chi connectivity index (χ0v) is 13.2. The number of ether oxygens (including phenoxy) is 1. The van der Waals surface area contributed by atoms with Crippen molar-refractivity contribution >= 4 is 0 Å². The average Bonchev–Trinajstić information content (AvgIpc) is 2.84. The van der Waals surface area contributed by atoms with Crippen LogP contribution >= 0.6 is 0 Å². The molecule has 2 heteroatoms. The summed E-state index contributed by atoms with van der Waals surface area (Å²) in [4.78, 5) is 0. The van der Waals surface area contributed by atoms with E-state index in [-0.39, 0.29) is 5.60 Å². The standard InChI is InChI=1S/C17H33NO/c1-4-10-18-15(3)12-14(2)16-7-11-19-17(13-16)8-5-6-9-17/h14-16,18H,4-13H2,1-3H3. The van der Waals surface area contributed by atoms with Crippen molar-refractivity contribution in [3.05, 3.63) is 0 Å². The lowest BCUT2D eigenvalue weighted by atomic mass is 9.76. The molecule has 1 aliphatic carbocycles. The molecule has 1 spiro atoms. The quantitative estimate of drug-likeness (QED) is 0.781. The van der Waals surface area contributed by atoms with Crippen molar-refractivity contribution in [2.45, 2.75) is 83.8 Å². The Morgan fingerprint density at radius 1 is 1.26 bits per heavy atom. The summed E-state index contributed by atoms with van der Waals surface area (Å²) in [5.41, 5.74) is 0.289. The maximum atomic E-state index is 6.16. The largest absolute Gasteiger partial charge is 0.375 e. The molecule has 3 atom stereocenters. The molecular formula is C17H33NO. The van der Waals surface area contributed by atoms with Crippen molar-refractivity contribution in [3.63, 3.8) is 0 Å². The monoisotopic (exact) mass is 267 g/mol. The van der Waals surface area contributed by atoms with E-state index in [1.807, 2.05) is 0 Å². The van der Waals surface area contributed by atoms with Gasteiger partial charge in [0, 0.05) is 12.6 Å². The second-order valence-corrected chi connectivity index (χ2v) is 7.06. The fourth-order valence-electron chi connectivity index (χ4n) is 4.14. The summed E-state index contributed by atoms with van der Waals surface area (Å²) < 4.78 is 6.16. The minimum absolute atomic E-state index is 0.289. The molecule has 3 unspecified atom stereocenters. The molecule has 0 aromatic carbocycles. The van der Waals surface area contributed by atoms with Crippen molar-refractivity contribution in [2.75, 3.05) is 13.2 Å². The van der Waals surface area contributed by atoms with Crippen molar-refractivity contribution in [3.8, 4) is 0 Å². The fourth-order valence-corrected chi connectivity index (χ4v) is 4.14. The smallest absolute Gasteiger partial charge is 0.0685 e. The Morgan fingerprint density at radius 2 is 2.00 bits per heavy atom. The third-order valence-corrected chi connectivity index (χ3v) is 5.32. The Hall–Kier alpha value is -0.0800. The van der Waals surface area contributed by atoms with Gasteiger partial charge in [0.05, 0.1) is 5.60 Å². The van der Waals surface area contributed by atoms with E-state index in [4.69, 9.17) is 4.74 Å². The van der Waals surface area contributed by atoms with Gasteiger partial charge in [-0.2, -0.15) is 0 Å². The van der Waals surface area contributed by atoms with Crippen LogP contribution in [-0.2, 0) is 4.74 Å². The molecule has 1 saturated heterocycles. The van der Waals surface area contributed by atoms with Crippen molar-refractivity contribution in [2.24, 2.45) is 11.8 Å². The summed E-state index contributed by atoms with van der Waals surface area (Å²) in [6.45, 7) is 9.21. The predicted octanol–water partition coefficient (Wildman–Crippen LogP) is 4.14. The van der Waals surface area contributed by atoms with Crippen molar-refractivity contribution in [1.82, 2.24) is 5.32 Å². The molecule has 0 aromatic heterocycles. The summed E-state index contributed by atoms with van der Waals surface area (Å²) in [6.07, 6.45) is 10.6. The normalized spacial score (nSPS) is 29.5. The lowest BCUT2D eigenvalue weighted by Crippen LogP contribution is -2.40. The molecule has 2 aliphatic rings. The maximum absolute atomic E-state index is 6.16. The summed E-state index contributed by atoms with van der Waals surface area (Å²) in [7, 11) is 0. The summed E-state index contributed by atoms with van der Waals surface area (Å²) in [5, 5.41) is 3.63. The van der Waals surface area contributed by atoms with Gasteiger partial charge in [-0.25, -0.2) is 0 Å². The van der Waals surface area contributed by atoms with Crippen LogP contribution in [0.25, 0.3) is 0 Å². The Labute approximate surface area is 119 Å². The summed E-state index contributed by atoms with van der Waals surface area (Å²) >= 11 is 0. The zero-order valence-electron chi connectivity index (χ0n) is 13.2. The van der Waals surface area contributed by atoms with Crippen LogP contribution in [0.5, 0.6) is 0 Å². The molecule has 112 valence electrons. The highest BCUT2D eigenvalue weighted by molar-refractivity contribution is 4.92. The predicted molar refractivity (Wildman–Crippen MR) is 81.4 cm³/mol. The van der Waals surface area contributed by atoms with E-state index >= 15 is 0 Å².